The Kier molecular flexibility index (Phi) is 7.80. The summed E-state index contributed by atoms with van der Waals surface area (Å²) in [6, 6.07) is 0. The number of rotatable bonds is 5. The normalized spacial score (nSPS) is 12.5. The van der Waals surface area contributed by atoms with Crippen molar-refractivity contribution >= 4 is 45.2 Å². The molecule has 1 N–H and O–H groups in total. The van der Waals surface area contributed by atoms with Crippen LogP contribution in [0.5, 0.6) is 0 Å². The molecule has 0 saturated heterocycles. The summed E-state index contributed by atoms with van der Waals surface area (Å²) in [4.78, 5) is 10.7. The third kappa shape index (κ3) is 6.35. The molecule has 0 aromatic carbocycles. The lowest BCUT2D eigenvalue weighted by Gasteiger charge is -2.10. The second-order valence-electron chi connectivity index (χ2n) is 2.42. The molecule has 1 atom stereocenters. The van der Waals surface area contributed by atoms with Crippen molar-refractivity contribution in [2.75, 3.05) is 5.75 Å². The number of aliphatic carboxylic acids is 1. The molecule has 0 aliphatic carbocycles. The summed E-state index contributed by atoms with van der Waals surface area (Å²) in [5, 5.41) is 8.47. The van der Waals surface area contributed by atoms with Gasteiger partial charge in [0.05, 0.1) is 0 Å². The molecule has 0 bridgehead atoms. The molecule has 0 spiro atoms. The Labute approximate surface area is 92.9 Å². The van der Waals surface area contributed by atoms with Crippen molar-refractivity contribution in [3.8, 4) is 0 Å². The SMILES string of the molecule is CCCC(SC(=S)SCC)C(=O)O. The van der Waals surface area contributed by atoms with E-state index in [1.807, 2.05) is 13.8 Å². The van der Waals surface area contributed by atoms with E-state index in [1.54, 1.807) is 0 Å². The van der Waals surface area contributed by atoms with Crippen molar-refractivity contribution in [2.45, 2.75) is 31.9 Å². The summed E-state index contributed by atoms with van der Waals surface area (Å²) in [6.07, 6.45) is 1.56. The second-order valence-corrected chi connectivity index (χ2v) is 6.09. The fourth-order valence-corrected chi connectivity index (χ4v) is 3.36. The van der Waals surface area contributed by atoms with Crippen LogP contribution in [0.25, 0.3) is 0 Å². The average molecular weight is 238 g/mol. The lowest BCUT2D eigenvalue weighted by Crippen LogP contribution is -2.17. The highest BCUT2D eigenvalue weighted by Crippen LogP contribution is 2.24. The van der Waals surface area contributed by atoms with Crippen LogP contribution in [-0.2, 0) is 4.79 Å². The topological polar surface area (TPSA) is 37.3 Å². The first-order valence-corrected chi connectivity index (χ1v) is 6.45. The van der Waals surface area contributed by atoms with Crippen LogP contribution in [-0.4, -0.2) is 25.6 Å². The maximum absolute atomic E-state index is 10.7. The Balaban J connectivity index is 3.94. The molecule has 5 heteroatoms. The van der Waals surface area contributed by atoms with Crippen LogP contribution in [0.3, 0.4) is 0 Å². The monoisotopic (exact) mass is 238 g/mol. The molecule has 0 heterocycles. The minimum atomic E-state index is -0.758. The molecule has 1 unspecified atom stereocenters. The Morgan fingerprint density at radius 2 is 2.15 bits per heavy atom. The molecule has 0 amide bonds. The van der Waals surface area contributed by atoms with Crippen molar-refractivity contribution in [2.24, 2.45) is 0 Å². The van der Waals surface area contributed by atoms with Gasteiger partial charge in [-0.25, -0.2) is 0 Å². The highest BCUT2D eigenvalue weighted by Gasteiger charge is 2.18. The maximum atomic E-state index is 10.7. The van der Waals surface area contributed by atoms with Crippen molar-refractivity contribution < 1.29 is 9.90 Å². The predicted octanol–water partition coefficient (Wildman–Crippen LogP) is 3.01. The van der Waals surface area contributed by atoms with E-state index >= 15 is 0 Å². The summed E-state index contributed by atoms with van der Waals surface area (Å²) < 4.78 is 0.739. The lowest BCUT2D eigenvalue weighted by atomic mass is 10.2. The zero-order valence-corrected chi connectivity index (χ0v) is 10.2. The summed E-state index contributed by atoms with van der Waals surface area (Å²) in [5.74, 6) is 0.149. The predicted molar refractivity (Wildman–Crippen MR) is 64.7 cm³/mol. The zero-order chi connectivity index (χ0) is 10.3. The summed E-state index contributed by atoms with van der Waals surface area (Å²) in [7, 11) is 0. The number of thiocarbonyl (C=S) groups is 1. The van der Waals surface area contributed by atoms with Crippen molar-refractivity contribution in [3.05, 3.63) is 0 Å². The van der Waals surface area contributed by atoms with Gasteiger partial charge in [0.15, 0.2) is 0 Å². The molecule has 2 nitrogen and oxygen atoms in total. The molecule has 0 aliphatic heterocycles. The number of carbonyl (C=O) groups is 1. The van der Waals surface area contributed by atoms with E-state index < -0.39 is 5.97 Å². The van der Waals surface area contributed by atoms with Crippen LogP contribution in [0, 0.1) is 0 Å². The van der Waals surface area contributed by atoms with E-state index in [2.05, 4.69) is 0 Å². The van der Waals surface area contributed by atoms with Gasteiger partial charge >= 0.3 is 5.97 Å². The van der Waals surface area contributed by atoms with E-state index in [4.69, 9.17) is 17.3 Å². The van der Waals surface area contributed by atoms with Gasteiger partial charge in [-0.3, -0.25) is 4.79 Å². The first-order chi connectivity index (χ1) is 6.11. The minimum Gasteiger partial charge on any atom is -0.480 e. The van der Waals surface area contributed by atoms with Gasteiger partial charge in [-0.2, -0.15) is 0 Å². The summed E-state index contributed by atoms with van der Waals surface area (Å²) in [6.45, 7) is 3.99. The number of hydrogen-bond donors (Lipinski definition) is 1. The molecule has 0 radical (unpaired) electrons. The standard InChI is InChI=1S/C8H14O2S3/c1-3-5-6(7(9)10)13-8(11)12-4-2/h6H,3-5H2,1-2H3,(H,9,10). The van der Waals surface area contributed by atoms with Crippen LogP contribution in [0.2, 0.25) is 0 Å². The second kappa shape index (κ2) is 7.64. The number of hydrogen-bond acceptors (Lipinski definition) is 4. The van der Waals surface area contributed by atoms with Crippen LogP contribution in [0.4, 0.5) is 0 Å². The van der Waals surface area contributed by atoms with Gasteiger partial charge < -0.3 is 5.11 Å². The Morgan fingerprint density at radius 1 is 1.54 bits per heavy atom. The van der Waals surface area contributed by atoms with Gasteiger partial charge in [0.25, 0.3) is 0 Å². The van der Waals surface area contributed by atoms with E-state index in [9.17, 15) is 4.79 Å². The lowest BCUT2D eigenvalue weighted by molar-refractivity contribution is -0.136. The van der Waals surface area contributed by atoms with Gasteiger partial charge in [-0.05, 0) is 12.2 Å². The fourth-order valence-electron chi connectivity index (χ4n) is 0.763. The molecule has 0 aromatic heterocycles. The molecule has 0 rings (SSSR count). The molecule has 0 fully saturated rings. The first-order valence-electron chi connectivity index (χ1n) is 4.18. The first kappa shape index (κ1) is 13.3. The van der Waals surface area contributed by atoms with Gasteiger partial charge in [-0.15, -0.1) is 11.8 Å². The van der Waals surface area contributed by atoms with Gasteiger partial charge in [0.2, 0.25) is 0 Å². The molecular weight excluding hydrogens is 224 g/mol. The highest BCUT2D eigenvalue weighted by atomic mass is 32.2. The van der Waals surface area contributed by atoms with Gasteiger partial charge in [0, 0.05) is 0 Å². The Hall–Kier alpha value is 0.260. The van der Waals surface area contributed by atoms with E-state index in [1.165, 1.54) is 23.5 Å². The Morgan fingerprint density at radius 3 is 2.54 bits per heavy atom. The van der Waals surface area contributed by atoms with Crippen molar-refractivity contribution in [1.82, 2.24) is 0 Å². The van der Waals surface area contributed by atoms with Crippen LogP contribution in [0.15, 0.2) is 0 Å². The molecule has 13 heavy (non-hydrogen) atoms. The third-order valence-electron chi connectivity index (χ3n) is 1.33. The summed E-state index contributed by atoms with van der Waals surface area (Å²) in [5.41, 5.74) is 0. The number of carboxylic acid groups (broad SMARTS) is 1. The van der Waals surface area contributed by atoms with E-state index in [-0.39, 0.29) is 5.25 Å². The quantitative estimate of drug-likeness (QED) is 0.745. The number of thioether (sulfide) groups is 2. The van der Waals surface area contributed by atoms with Crippen molar-refractivity contribution in [3.63, 3.8) is 0 Å². The largest absolute Gasteiger partial charge is 0.480 e. The van der Waals surface area contributed by atoms with Gasteiger partial charge in [0.1, 0.15) is 8.78 Å². The van der Waals surface area contributed by atoms with Crippen LogP contribution < -0.4 is 0 Å². The smallest absolute Gasteiger partial charge is 0.317 e. The Bertz CT molecular complexity index is 182. The van der Waals surface area contributed by atoms with Crippen molar-refractivity contribution in [1.29, 1.82) is 0 Å². The molecule has 0 aliphatic rings. The molecular formula is C8H14O2S3. The third-order valence-corrected chi connectivity index (χ3v) is 4.05. The average Bonchev–Trinajstić information content (AvgIpc) is 2.04. The molecule has 0 aromatic rings. The minimum absolute atomic E-state index is 0.364. The maximum Gasteiger partial charge on any atom is 0.317 e. The van der Waals surface area contributed by atoms with Gasteiger partial charge in [-0.1, -0.05) is 44.2 Å². The molecule has 76 valence electrons. The fraction of sp³-hybridized carbons (Fsp3) is 0.750. The van der Waals surface area contributed by atoms with E-state index in [0.717, 1.165) is 15.7 Å². The summed E-state index contributed by atoms with van der Waals surface area (Å²) >= 11 is 7.86. The van der Waals surface area contributed by atoms with Crippen LogP contribution in [0.1, 0.15) is 26.7 Å². The van der Waals surface area contributed by atoms with E-state index in [0.29, 0.717) is 6.42 Å². The molecule has 0 saturated carbocycles. The number of carboxylic acids is 1. The highest BCUT2D eigenvalue weighted by molar-refractivity contribution is 8.47. The zero-order valence-electron chi connectivity index (χ0n) is 7.78. The van der Waals surface area contributed by atoms with Crippen LogP contribution >= 0.6 is 35.7 Å².